The number of carboxylic acid groups (broad SMARTS) is 2. The highest BCUT2D eigenvalue weighted by molar-refractivity contribution is 5.98. The van der Waals surface area contributed by atoms with Crippen molar-refractivity contribution in [3.05, 3.63) is 101 Å². The Morgan fingerprint density at radius 2 is 1.31 bits per heavy atom. The molecule has 10 N–H and O–H groups in total. The first-order valence-electron chi connectivity index (χ1n) is 13.3. The number of fused-ring (bicyclic) bond motifs is 1. The SMILES string of the molecule is N=C(N)c1ccc(C(=O)N[C@@H](COc2cccc(C(=N)N)c2)Cc2c[nH]c3ccccc23)cc1.O=C(O)C(F)(F)F.O=C(O)C(F)(F)F. The second-order valence-electron chi connectivity index (χ2n) is 9.58. The molecule has 256 valence electrons. The zero-order chi connectivity index (χ0) is 36.2. The van der Waals surface area contributed by atoms with Crippen LogP contribution in [0.1, 0.15) is 27.0 Å². The molecular formula is C30H28F6N6O6. The Morgan fingerprint density at radius 1 is 0.792 bits per heavy atom. The number of H-pyrrole nitrogens is 1. The molecule has 18 heteroatoms. The third-order valence-corrected chi connectivity index (χ3v) is 6.02. The third kappa shape index (κ3) is 12.0. The molecule has 0 radical (unpaired) electrons. The summed E-state index contributed by atoms with van der Waals surface area (Å²) in [6.07, 6.45) is -7.67. The van der Waals surface area contributed by atoms with E-state index in [4.69, 9.17) is 46.8 Å². The number of aliphatic carboxylic acids is 2. The molecule has 0 saturated heterocycles. The van der Waals surface area contributed by atoms with Crippen molar-refractivity contribution >= 4 is 40.4 Å². The highest BCUT2D eigenvalue weighted by Crippen LogP contribution is 2.20. The molecule has 0 aliphatic carbocycles. The van der Waals surface area contributed by atoms with E-state index in [1.165, 1.54) is 0 Å². The number of ether oxygens (including phenoxy) is 1. The summed E-state index contributed by atoms with van der Waals surface area (Å²) >= 11 is 0. The van der Waals surface area contributed by atoms with Gasteiger partial charge in [-0.15, -0.1) is 0 Å². The number of carbonyl (C=O) groups excluding carboxylic acids is 1. The lowest BCUT2D eigenvalue weighted by atomic mass is 10.0. The first-order chi connectivity index (χ1) is 22.3. The molecule has 48 heavy (non-hydrogen) atoms. The molecular weight excluding hydrogens is 654 g/mol. The number of amidine groups is 2. The summed E-state index contributed by atoms with van der Waals surface area (Å²) in [5.41, 5.74) is 14.8. The van der Waals surface area contributed by atoms with Crippen molar-refractivity contribution in [1.29, 1.82) is 10.8 Å². The molecule has 0 aliphatic rings. The monoisotopic (exact) mass is 682 g/mol. The number of nitrogen functional groups attached to an aromatic ring is 2. The number of para-hydroxylation sites is 1. The Hall–Kier alpha value is -6.07. The van der Waals surface area contributed by atoms with Crippen LogP contribution >= 0.6 is 0 Å². The number of nitrogens with two attached hydrogens (primary N) is 2. The second kappa shape index (κ2) is 16.5. The van der Waals surface area contributed by atoms with Crippen molar-refractivity contribution in [3.63, 3.8) is 0 Å². The summed E-state index contributed by atoms with van der Waals surface area (Å²) in [5.74, 6) is -5.29. The minimum atomic E-state index is -5.08. The topological polar surface area (TPSA) is 228 Å². The number of aromatic nitrogens is 1. The molecule has 3 aromatic carbocycles. The molecule has 0 spiro atoms. The van der Waals surface area contributed by atoms with E-state index in [0.29, 0.717) is 28.9 Å². The van der Waals surface area contributed by atoms with E-state index in [-0.39, 0.29) is 30.2 Å². The lowest BCUT2D eigenvalue weighted by Crippen LogP contribution is -2.40. The van der Waals surface area contributed by atoms with Crippen LogP contribution in [-0.2, 0) is 16.0 Å². The van der Waals surface area contributed by atoms with Gasteiger partial charge in [0.05, 0.1) is 6.04 Å². The number of hydrogen-bond donors (Lipinski definition) is 8. The third-order valence-electron chi connectivity index (χ3n) is 6.02. The fourth-order valence-corrected chi connectivity index (χ4v) is 3.74. The van der Waals surface area contributed by atoms with Crippen LogP contribution in [0.5, 0.6) is 5.75 Å². The predicted octanol–water partition coefficient (Wildman–Crippen LogP) is 4.42. The molecule has 1 aromatic heterocycles. The van der Waals surface area contributed by atoms with Crippen LogP contribution in [0, 0.1) is 10.8 Å². The van der Waals surface area contributed by atoms with Crippen LogP contribution in [0.25, 0.3) is 10.9 Å². The van der Waals surface area contributed by atoms with Crippen LogP contribution in [-0.4, -0.2) is 69.7 Å². The molecule has 4 rings (SSSR count). The molecule has 0 bridgehead atoms. The minimum absolute atomic E-state index is 0.0388. The van der Waals surface area contributed by atoms with E-state index < -0.39 is 24.3 Å². The van der Waals surface area contributed by atoms with Gasteiger partial charge in [-0.25, -0.2) is 9.59 Å². The Balaban J connectivity index is 0.000000479. The second-order valence-corrected chi connectivity index (χ2v) is 9.58. The molecule has 12 nitrogen and oxygen atoms in total. The van der Waals surface area contributed by atoms with Gasteiger partial charge in [0.25, 0.3) is 5.91 Å². The lowest BCUT2D eigenvalue weighted by molar-refractivity contribution is -0.193. The summed E-state index contributed by atoms with van der Waals surface area (Å²) in [6, 6.07) is 21.3. The van der Waals surface area contributed by atoms with Gasteiger partial charge in [0, 0.05) is 33.8 Å². The number of nitrogens with one attached hydrogen (secondary N) is 4. The summed E-state index contributed by atoms with van der Waals surface area (Å²) in [4.78, 5) is 34.0. The molecule has 0 fully saturated rings. The Kier molecular flexibility index (Phi) is 13.1. The lowest BCUT2D eigenvalue weighted by Gasteiger charge is -2.20. The van der Waals surface area contributed by atoms with Crippen LogP contribution < -0.4 is 21.5 Å². The number of aromatic amines is 1. The minimum Gasteiger partial charge on any atom is -0.491 e. The zero-order valence-corrected chi connectivity index (χ0v) is 24.4. The number of carboxylic acids is 2. The number of amides is 1. The average molecular weight is 683 g/mol. The molecule has 1 amide bonds. The van der Waals surface area contributed by atoms with E-state index in [0.717, 1.165) is 16.5 Å². The molecule has 4 aromatic rings. The maximum Gasteiger partial charge on any atom is 0.490 e. The predicted molar refractivity (Wildman–Crippen MR) is 161 cm³/mol. The smallest absolute Gasteiger partial charge is 0.490 e. The van der Waals surface area contributed by atoms with Gasteiger partial charge in [0.2, 0.25) is 0 Å². The van der Waals surface area contributed by atoms with Gasteiger partial charge >= 0.3 is 24.3 Å². The van der Waals surface area contributed by atoms with Crippen molar-refractivity contribution in [2.45, 2.75) is 24.8 Å². The standard InChI is InChI=1S/C26H26N6O2.2C2HF3O2/c27-24(28)16-8-10-17(11-9-16)26(33)32-20(12-19-14-31-23-7-2-1-6-22(19)23)15-34-21-5-3-4-18(13-21)25(29)30;2*3-2(4,5)1(6)7/h1-11,13-14,20,31H,12,15H2,(H3,27,28)(H3,29,30)(H,32,33);2*(H,6,7)/t20-;;/m1../s1. The van der Waals surface area contributed by atoms with Crippen molar-refractivity contribution in [2.24, 2.45) is 11.5 Å². The normalized spacial score (nSPS) is 11.5. The Morgan fingerprint density at radius 3 is 1.83 bits per heavy atom. The van der Waals surface area contributed by atoms with E-state index in [2.05, 4.69) is 10.3 Å². The number of benzene rings is 3. The zero-order valence-electron chi connectivity index (χ0n) is 24.4. The maximum atomic E-state index is 13.0. The van der Waals surface area contributed by atoms with Gasteiger partial charge in [-0.1, -0.05) is 42.5 Å². The summed E-state index contributed by atoms with van der Waals surface area (Å²) in [6.45, 7) is 0.220. The van der Waals surface area contributed by atoms with Crippen molar-refractivity contribution in [1.82, 2.24) is 10.3 Å². The van der Waals surface area contributed by atoms with E-state index in [1.807, 2.05) is 30.5 Å². The van der Waals surface area contributed by atoms with Gasteiger partial charge in [0.15, 0.2) is 0 Å². The summed E-state index contributed by atoms with van der Waals surface area (Å²) < 4.78 is 69.5. The molecule has 0 unspecified atom stereocenters. The first-order valence-corrected chi connectivity index (χ1v) is 13.3. The van der Waals surface area contributed by atoms with E-state index in [9.17, 15) is 31.1 Å². The van der Waals surface area contributed by atoms with E-state index >= 15 is 0 Å². The molecule has 1 atom stereocenters. The number of halogens is 6. The highest BCUT2D eigenvalue weighted by Gasteiger charge is 2.38. The van der Waals surface area contributed by atoms with Crippen molar-refractivity contribution in [3.8, 4) is 5.75 Å². The quantitative estimate of drug-likeness (QED) is 0.0714. The number of carbonyl (C=O) groups is 3. The maximum absolute atomic E-state index is 13.0. The summed E-state index contributed by atoms with van der Waals surface area (Å²) in [7, 11) is 0. The fraction of sp³-hybridized carbons (Fsp3) is 0.167. The van der Waals surface area contributed by atoms with Crippen LogP contribution in [0.4, 0.5) is 26.3 Å². The number of rotatable bonds is 9. The van der Waals surface area contributed by atoms with Crippen molar-refractivity contribution in [2.75, 3.05) is 6.61 Å². The number of hydrogen-bond acceptors (Lipinski definition) is 6. The van der Waals surface area contributed by atoms with Gasteiger partial charge < -0.3 is 36.7 Å². The molecule has 0 aliphatic heterocycles. The van der Waals surface area contributed by atoms with Gasteiger partial charge in [0.1, 0.15) is 24.0 Å². The molecule has 1 heterocycles. The van der Waals surface area contributed by atoms with Gasteiger partial charge in [-0.3, -0.25) is 15.6 Å². The van der Waals surface area contributed by atoms with Crippen LogP contribution in [0.2, 0.25) is 0 Å². The highest BCUT2D eigenvalue weighted by atomic mass is 19.4. The Labute approximate surface area is 267 Å². The first kappa shape index (κ1) is 38.1. The molecule has 0 saturated carbocycles. The van der Waals surface area contributed by atoms with Gasteiger partial charge in [-0.05, 0) is 42.3 Å². The van der Waals surface area contributed by atoms with Crippen molar-refractivity contribution < 1.29 is 55.7 Å². The van der Waals surface area contributed by atoms with Gasteiger partial charge in [-0.2, -0.15) is 26.3 Å². The van der Waals surface area contributed by atoms with E-state index in [1.54, 1.807) is 48.5 Å². The van der Waals surface area contributed by atoms with Crippen LogP contribution in [0.3, 0.4) is 0 Å². The number of alkyl halides is 6. The van der Waals surface area contributed by atoms with Crippen LogP contribution in [0.15, 0.2) is 79.0 Å². The Bertz CT molecular complexity index is 1730. The largest absolute Gasteiger partial charge is 0.491 e. The summed E-state index contributed by atoms with van der Waals surface area (Å²) in [5, 5.41) is 33.5. The fourth-order valence-electron chi connectivity index (χ4n) is 3.74. The average Bonchev–Trinajstić information content (AvgIpc) is 3.42.